The number of hydrogen-bond donors (Lipinski definition) is 2. The molecular formula is C14H29NO2. The lowest BCUT2D eigenvalue weighted by Crippen LogP contribution is -2.34. The van der Waals surface area contributed by atoms with Crippen LogP contribution in [0.1, 0.15) is 65.7 Å². The second-order valence-corrected chi connectivity index (χ2v) is 5.58. The molecule has 0 saturated heterocycles. The maximum absolute atomic E-state index is 11.6. The fourth-order valence-corrected chi connectivity index (χ4v) is 1.71. The van der Waals surface area contributed by atoms with Crippen molar-refractivity contribution in [3.05, 3.63) is 0 Å². The minimum Gasteiger partial charge on any atom is -0.396 e. The minimum atomic E-state index is -0.00732. The van der Waals surface area contributed by atoms with Gasteiger partial charge in [-0.3, -0.25) is 4.79 Å². The van der Waals surface area contributed by atoms with Crippen molar-refractivity contribution in [2.24, 2.45) is 5.41 Å². The third-order valence-electron chi connectivity index (χ3n) is 3.06. The van der Waals surface area contributed by atoms with E-state index in [0.29, 0.717) is 13.0 Å². The first-order valence-corrected chi connectivity index (χ1v) is 6.89. The van der Waals surface area contributed by atoms with Gasteiger partial charge in [-0.25, -0.2) is 0 Å². The molecular weight excluding hydrogens is 214 g/mol. The normalized spacial score (nSPS) is 11.5. The summed E-state index contributed by atoms with van der Waals surface area (Å²) in [5.41, 5.74) is -0.00732. The van der Waals surface area contributed by atoms with E-state index in [1.807, 2.05) is 0 Å². The molecule has 17 heavy (non-hydrogen) atoms. The summed E-state index contributed by atoms with van der Waals surface area (Å²) < 4.78 is 0. The predicted molar refractivity (Wildman–Crippen MR) is 71.9 cm³/mol. The number of carbonyl (C=O) groups is 1. The number of nitrogens with one attached hydrogen (secondary N) is 1. The molecule has 0 rings (SSSR count). The molecule has 0 aliphatic rings. The topological polar surface area (TPSA) is 49.3 Å². The molecule has 0 unspecified atom stereocenters. The van der Waals surface area contributed by atoms with E-state index in [9.17, 15) is 4.79 Å². The van der Waals surface area contributed by atoms with Crippen molar-refractivity contribution in [1.29, 1.82) is 0 Å². The van der Waals surface area contributed by atoms with Crippen LogP contribution in [0, 0.1) is 5.41 Å². The van der Waals surface area contributed by atoms with Crippen molar-refractivity contribution >= 4 is 5.91 Å². The first-order valence-electron chi connectivity index (χ1n) is 6.89. The summed E-state index contributed by atoms with van der Waals surface area (Å²) in [5.74, 6) is 0.146. The highest BCUT2D eigenvalue weighted by molar-refractivity contribution is 5.75. The maximum atomic E-state index is 11.6. The Morgan fingerprint density at radius 1 is 1.18 bits per heavy atom. The van der Waals surface area contributed by atoms with Gasteiger partial charge in [-0.1, -0.05) is 46.5 Å². The van der Waals surface area contributed by atoms with E-state index in [1.54, 1.807) is 0 Å². The number of carbonyl (C=O) groups excluding carboxylic acids is 1. The van der Waals surface area contributed by atoms with Crippen molar-refractivity contribution in [3.63, 3.8) is 0 Å². The predicted octanol–water partition coefficient (Wildman–Crippen LogP) is 2.87. The summed E-state index contributed by atoms with van der Waals surface area (Å²) in [5, 5.41) is 11.8. The van der Waals surface area contributed by atoms with Crippen LogP contribution >= 0.6 is 0 Å². The Hall–Kier alpha value is -0.570. The second kappa shape index (κ2) is 9.46. The molecule has 0 radical (unpaired) electrons. The van der Waals surface area contributed by atoms with E-state index in [-0.39, 0.29) is 17.9 Å². The van der Waals surface area contributed by atoms with Gasteiger partial charge in [-0.05, 0) is 18.3 Å². The third-order valence-corrected chi connectivity index (χ3v) is 3.06. The van der Waals surface area contributed by atoms with E-state index in [4.69, 9.17) is 5.11 Å². The van der Waals surface area contributed by atoms with E-state index >= 15 is 0 Å². The molecule has 0 bridgehead atoms. The largest absolute Gasteiger partial charge is 0.396 e. The number of aliphatic hydroxyl groups is 1. The molecule has 3 heteroatoms. The van der Waals surface area contributed by atoms with Gasteiger partial charge in [0.15, 0.2) is 0 Å². The van der Waals surface area contributed by atoms with E-state index in [1.165, 1.54) is 19.3 Å². The van der Waals surface area contributed by atoms with Crippen LogP contribution in [0.15, 0.2) is 0 Å². The molecule has 2 N–H and O–H groups in total. The zero-order valence-corrected chi connectivity index (χ0v) is 11.7. The molecule has 102 valence electrons. The Bertz CT molecular complexity index is 202. The summed E-state index contributed by atoms with van der Waals surface area (Å²) in [6.07, 6.45) is 7.25. The molecule has 3 nitrogen and oxygen atoms in total. The quantitative estimate of drug-likeness (QED) is 0.580. The lowest BCUT2D eigenvalue weighted by molar-refractivity contribution is -0.121. The third kappa shape index (κ3) is 10.3. The smallest absolute Gasteiger partial charge is 0.220 e. The average molecular weight is 243 g/mol. The fraction of sp³-hybridized carbons (Fsp3) is 0.929. The summed E-state index contributed by atoms with van der Waals surface area (Å²) in [4.78, 5) is 11.6. The highest BCUT2D eigenvalue weighted by Crippen LogP contribution is 2.18. The lowest BCUT2D eigenvalue weighted by atomic mass is 9.90. The first kappa shape index (κ1) is 16.4. The SMILES string of the molecule is CCCCCCCC(=O)NCC(C)(C)CCO. The molecule has 0 atom stereocenters. The van der Waals surface area contributed by atoms with Crippen LogP contribution < -0.4 is 5.32 Å². The molecule has 1 amide bonds. The van der Waals surface area contributed by atoms with Gasteiger partial charge in [0.2, 0.25) is 5.91 Å². The van der Waals surface area contributed by atoms with E-state index in [2.05, 4.69) is 26.1 Å². The lowest BCUT2D eigenvalue weighted by Gasteiger charge is -2.23. The Balaban J connectivity index is 3.52. The number of rotatable bonds is 10. The Morgan fingerprint density at radius 2 is 1.82 bits per heavy atom. The van der Waals surface area contributed by atoms with Crippen LogP contribution in [0.4, 0.5) is 0 Å². The minimum absolute atomic E-state index is 0.00732. The molecule has 0 heterocycles. The van der Waals surface area contributed by atoms with Crippen LogP contribution in [0.3, 0.4) is 0 Å². The number of aliphatic hydroxyl groups excluding tert-OH is 1. The summed E-state index contributed by atoms with van der Waals surface area (Å²) in [6.45, 7) is 7.15. The van der Waals surface area contributed by atoms with E-state index in [0.717, 1.165) is 19.3 Å². The fourth-order valence-electron chi connectivity index (χ4n) is 1.71. The van der Waals surface area contributed by atoms with Gasteiger partial charge in [-0.15, -0.1) is 0 Å². The van der Waals surface area contributed by atoms with Crippen molar-refractivity contribution in [3.8, 4) is 0 Å². The van der Waals surface area contributed by atoms with Crippen LogP contribution in [0.25, 0.3) is 0 Å². The molecule has 0 fully saturated rings. The highest BCUT2D eigenvalue weighted by atomic mass is 16.3. The number of amides is 1. The van der Waals surface area contributed by atoms with Crippen molar-refractivity contribution in [2.45, 2.75) is 65.7 Å². The van der Waals surface area contributed by atoms with Crippen molar-refractivity contribution < 1.29 is 9.90 Å². The monoisotopic (exact) mass is 243 g/mol. The van der Waals surface area contributed by atoms with Gasteiger partial charge >= 0.3 is 0 Å². The Kier molecular flexibility index (Phi) is 9.14. The van der Waals surface area contributed by atoms with Crippen LogP contribution in [-0.2, 0) is 4.79 Å². The highest BCUT2D eigenvalue weighted by Gasteiger charge is 2.17. The molecule has 0 aromatic rings. The maximum Gasteiger partial charge on any atom is 0.220 e. The number of unbranched alkanes of at least 4 members (excludes halogenated alkanes) is 4. The molecule has 0 aliphatic carbocycles. The Labute approximate surface area is 106 Å². The molecule has 0 aromatic heterocycles. The van der Waals surface area contributed by atoms with Crippen LogP contribution in [-0.4, -0.2) is 24.2 Å². The van der Waals surface area contributed by atoms with Crippen molar-refractivity contribution in [1.82, 2.24) is 5.32 Å². The van der Waals surface area contributed by atoms with Gasteiger partial charge < -0.3 is 10.4 Å². The van der Waals surface area contributed by atoms with Gasteiger partial charge in [0, 0.05) is 19.6 Å². The van der Waals surface area contributed by atoms with Gasteiger partial charge in [0.1, 0.15) is 0 Å². The number of hydrogen-bond acceptors (Lipinski definition) is 2. The van der Waals surface area contributed by atoms with E-state index < -0.39 is 0 Å². The van der Waals surface area contributed by atoms with Crippen LogP contribution in [0.5, 0.6) is 0 Å². The molecule has 0 spiro atoms. The molecule has 0 saturated carbocycles. The summed E-state index contributed by atoms with van der Waals surface area (Å²) in [6, 6.07) is 0. The van der Waals surface area contributed by atoms with Gasteiger partial charge in [-0.2, -0.15) is 0 Å². The van der Waals surface area contributed by atoms with Gasteiger partial charge in [0.05, 0.1) is 0 Å². The standard InChI is InChI=1S/C14H29NO2/c1-4-5-6-7-8-9-13(17)15-12-14(2,3)10-11-16/h16H,4-12H2,1-3H3,(H,15,17). The zero-order chi connectivity index (χ0) is 13.1. The van der Waals surface area contributed by atoms with Gasteiger partial charge in [0.25, 0.3) is 0 Å². The Morgan fingerprint density at radius 3 is 2.41 bits per heavy atom. The first-order chi connectivity index (χ1) is 8.02. The van der Waals surface area contributed by atoms with Crippen LogP contribution in [0.2, 0.25) is 0 Å². The molecule has 0 aromatic carbocycles. The molecule has 0 aliphatic heterocycles. The summed E-state index contributed by atoms with van der Waals surface area (Å²) in [7, 11) is 0. The zero-order valence-electron chi connectivity index (χ0n) is 11.7. The summed E-state index contributed by atoms with van der Waals surface area (Å²) >= 11 is 0. The average Bonchev–Trinajstić information content (AvgIpc) is 2.26. The second-order valence-electron chi connectivity index (χ2n) is 5.58. The van der Waals surface area contributed by atoms with Crippen molar-refractivity contribution in [2.75, 3.05) is 13.2 Å².